The van der Waals surface area contributed by atoms with Crippen LogP contribution in [0, 0.1) is 0 Å². The summed E-state index contributed by atoms with van der Waals surface area (Å²) in [6.07, 6.45) is 4.55. The van der Waals surface area contributed by atoms with Crippen LogP contribution in [0.5, 0.6) is 0 Å². The van der Waals surface area contributed by atoms with Crippen molar-refractivity contribution in [1.29, 1.82) is 0 Å². The number of allylic oxidation sites excluding steroid dienone is 4. The van der Waals surface area contributed by atoms with Crippen molar-refractivity contribution in [2.24, 2.45) is 0 Å². The molecule has 0 aliphatic heterocycles. The number of aromatic nitrogens is 3. The van der Waals surface area contributed by atoms with Crippen LogP contribution in [0.1, 0.15) is 40.7 Å². The predicted octanol–water partition coefficient (Wildman–Crippen LogP) is 17.5. The maximum atomic E-state index is 6.12. The van der Waals surface area contributed by atoms with E-state index in [1.165, 1.54) is 99.7 Å². The molecule has 3 aliphatic rings. The summed E-state index contributed by atoms with van der Waals surface area (Å²) in [5.41, 5.74) is 25.7. The van der Waals surface area contributed by atoms with Gasteiger partial charge in [-0.2, -0.15) is 0 Å². The molecule has 0 N–H and O–H groups in total. The van der Waals surface area contributed by atoms with Crippen LogP contribution in [0.25, 0.3) is 106 Å². The molecule has 0 saturated carbocycles. The Kier molecular flexibility index (Phi) is 9.27. The lowest BCUT2D eigenvalue weighted by atomic mass is 9.68. The first-order chi connectivity index (χ1) is 36.2. The van der Waals surface area contributed by atoms with Crippen molar-refractivity contribution in [3.8, 4) is 73.1 Å². The Balaban J connectivity index is 0.850. The highest BCUT2D eigenvalue weighted by Gasteiger charge is 2.52. The van der Waals surface area contributed by atoms with Gasteiger partial charge >= 0.3 is 0 Å². The van der Waals surface area contributed by atoms with Gasteiger partial charge in [0.2, 0.25) is 11.8 Å². The zero-order chi connectivity index (χ0) is 48.0. The number of nitrogens with zero attached hydrogens (tertiary/aromatic N) is 3. The summed E-state index contributed by atoms with van der Waals surface area (Å²) < 4.78 is 8.55. The van der Waals surface area contributed by atoms with E-state index < -0.39 is 0 Å². The van der Waals surface area contributed by atoms with Gasteiger partial charge in [0.25, 0.3) is 0 Å². The maximum Gasteiger partial charge on any atom is 0.248 e. The van der Waals surface area contributed by atoms with Crippen molar-refractivity contribution >= 4 is 33.0 Å². The Morgan fingerprint density at radius 2 is 0.795 bits per heavy atom. The number of hydrogen-bond acceptors (Lipinski definition) is 3. The lowest BCUT2D eigenvalue weighted by Gasteiger charge is -2.33. The topological polar surface area (TPSA) is 43.9 Å². The quantitative estimate of drug-likeness (QED) is 0.160. The highest BCUT2D eigenvalue weighted by molar-refractivity contribution is 6.12. The van der Waals surface area contributed by atoms with Gasteiger partial charge < -0.3 is 8.98 Å². The molecule has 0 saturated heterocycles. The lowest BCUT2D eigenvalue weighted by molar-refractivity contribution is 0.584. The first-order valence-electron chi connectivity index (χ1n) is 25.3. The van der Waals surface area contributed by atoms with E-state index >= 15 is 0 Å². The number of hydrogen-bond donors (Lipinski definition) is 0. The summed E-state index contributed by atoms with van der Waals surface area (Å²) in [4.78, 5) is 0. The molecule has 15 rings (SSSR count). The van der Waals surface area contributed by atoms with E-state index in [0.717, 1.165) is 40.8 Å². The molecule has 10 aromatic carbocycles. The predicted molar refractivity (Wildman–Crippen MR) is 298 cm³/mol. The summed E-state index contributed by atoms with van der Waals surface area (Å²) >= 11 is 0. The molecular formula is C69H45N3O. The van der Waals surface area contributed by atoms with E-state index in [4.69, 9.17) is 4.42 Å². The third-order valence-corrected chi connectivity index (χ3v) is 15.8. The van der Waals surface area contributed by atoms with Crippen molar-refractivity contribution in [1.82, 2.24) is 14.8 Å². The summed E-state index contributed by atoms with van der Waals surface area (Å²) in [5, 5.41) is 11.2. The van der Waals surface area contributed by atoms with Gasteiger partial charge in [-0.1, -0.05) is 188 Å². The third-order valence-electron chi connectivity index (χ3n) is 15.8. The second-order valence-corrected chi connectivity index (χ2v) is 19.5. The molecule has 342 valence electrons. The number of benzene rings is 10. The molecule has 12 aromatic rings. The van der Waals surface area contributed by atoms with Gasteiger partial charge in [0, 0.05) is 27.6 Å². The third kappa shape index (κ3) is 6.27. The first-order valence-corrected chi connectivity index (χ1v) is 25.3. The summed E-state index contributed by atoms with van der Waals surface area (Å²) in [5.74, 6) is 1.01. The van der Waals surface area contributed by atoms with E-state index in [0.29, 0.717) is 11.8 Å². The number of rotatable bonds is 7. The van der Waals surface area contributed by atoms with Crippen LogP contribution in [-0.4, -0.2) is 14.8 Å². The Bertz CT molecular complexity index is 4200. The average molecular weight is 932 g/mol. The molecule has 0 amide bonds. The molecule has 4 nitrogen and oxygen atoms in total. The van der Waals surface area contributed by atoms with Crippen LogP contribution < -0.4 is 0 Å². The van der Waals surface area contributed by atoms with Gasteiger partial charge in [-0.15, -0.1) is 10.2 Å². The van der Waals surface area contributed by atoms with Gasteiger partial charge in [0.15, 0.2) is 0 Å². The second kappa shape index (κ2) is 16.3. The van der Waals surface area contributed by atoms with Crippen LogP contribution in [0.4, 0.5) is 0 Å². The van der Waals surface area contributed by atoms with Crippen LogP contribution in [0.2, 0.25) is 0 Å². The fourth-order valence-electron chi connectivity index (χ4n) is 12.6. The average Bonchev–Trinajstić information content (AvgIpc) is 4.24. The molecule has 73 heavy (non-hydrogen) atoms. The van der Waals surface area contributed by atoms with E-state index in [2.05, 4.69) is 233 Å². The van der Waals surface area contributed by atoms with E-state index in [1.807, 2.05) is 30.3 Å². The minimum Gasteiger partial charge on any atom is -0.416 e. The molecule has 2 aromatic heterocycles. The zero-order valence-electron chi connectivity index (χ0n) is 39.8. The molecule has 0 bridgehead atoms. The molecule has 3 aliphatic carbocycles. The fourth-order valence-corrected chi connectivity index (χ4v) is 12.6. The molecule has 4 heteroatoms. The van der Waals surface area contributed by atoms with Gasteiger partial charge in [-0.25, -0.2) is 0 Å². The normalized spacial score (nSPS) is 14.1. The summed E-state index contributed by atoms with van der Waals surface area (Å²) in [6, 6.07) is 88.4. The summed E-state index contributed by atoms with van der Waals surface area (Å²) in [6.45, 7) is 0. The zero-order valence-corrected chi connectivity index (χ0v) is 39.8. The maximum absolute atomic E-state index is 6.12. The van der Waals surface area contributed by atoms with Crippen molar-refractivity contribution in [2.45, 2.75) is 18.3 Å². The lowest BCUT2D eigenvalue weighted by Crippen LogP contribution is -2.27. The molecule has 0 atom stereocenters. The fraction of sp³-hybridized carbons (Fsp3) is 0.0435. The van der Waals surface area contributed by atoms with Crippen molar-refractivity contribution < 1.29 is 4.42 Å². The molecule has 0 radical (unpaired) electrons. The minimum absolute atomic E-state index is 0.356. The number of para-hydroxylation sites is 1. The highest BCUT2D eigenvalue weighted by atomic mass is 16.4. The molecule has 0 fully saturated rings. The van der Waals surface area contributed by atoms with Crippen LogP contribution in [-0.2, 0) is 5.41 Å². The minimum atomic E-state index is -0.356. The molecule has 2 heterocycles. The van der Waals surface area contributed by atoms with Crippen molar-refractivity contribution in [3.05, 3.63) is 282 Å². The molecule has 1 spiro atoms. The van der Waals surface area contributed by atoms with Crippen LogP contribution >= 0.6 is 0 Å². The SMILES string of the molecule is C1=C(c2ccc3c(c2)c2cc(-c4ccccc4-c4ccccc4-c4ccc(-c5nnc(-c6ccccc6)o5)cc4)ccc2n3-c2ccccc2)CCC2=C1C1(c3ccccc32)c2ccccc2-c2ccccc21. The Labute approximate surface area is 423 Å². The van der Waals surface area contributed by atoms with Gasteiger partial charge in [0.05, 0.1) is 16.4 Å². The Morgan fingerprint density at radius 3 is 1.41 bits per heavy atom. The molecule has 0 unspecified atom stereocenters. The standard InChI is InChI=1S/C69H45N3O/c1-3-17-45(18-4-1)67-70-71-68(73-67)46-33-31-44(32-34-46)51-21-7-9-23-53(51)54-24-10-8-22-52(54)49-37-40-66-60(42-49)59-41-47(36-39-65(59)72(66)50-19-5-2-6-20-50)48-35-38-58-57-27-13-16-30-63(57)69(64(58)43-48)61-28-14-11-25-55(61)56-26-12-15-29-62(56)69/h1-34,36-37,39-43H,35,38H2. The van der Waals surface area contributed by atoms with Gasteiger partial charge in [-0.3, -0.25) is 0 Å². The van der Waals surface area contributed by atoms with Crippen LogP contribution in [0.3, 0.4) is 0 Å². The smallest absolute Gasteiger partial charge is 0.248 e. The highest BCUT2D eigenvalue weighted by Crippen LogP contribution is 2.64. The number of fused-ring (bicyclic) bond motifs is 12. The first kappa shape index (κ1) is 41.4. The second-order valence-electron chi connectivity index (χ2n) is 19.5. The monoisotopic (exact) mass is 931 g/mol. The van der Waals surface area contributed by atoms with Gasteiger partial charge in [-0.05, 0) is 163 Å². The van der Waals surface area contributed by atoms with Crippen molar-refractivity contribution in [2.75, 3.05) is 0 Å². The summed E-state index contributed by atoms with van der Waals surface area (Å²) in [7, 11) is 0. The Hall–Kier alpha value is -9.38. The molecular weight excluding hydrogens is 887 g/mol. The van der Waals surface area contributed by atoms with Gasteiger partial charge in [0.1, 0.15) is 0 Å². The van der Waals surface area contributed by atoms with Crippen LogP contribution in [0.15, 0.2) is 259 Å². The van der Waals surface area contributed by atoms with E-state index in [1.54, 1.807) is 0 Å². The Morgan fingerprint density at radius 1 is 0.356 bits per heavy atom. The van der Waals surface area contributed by atoms with Crippen molar-refractivity contribution in [3.63, 3.8) is 0 Å². The van der Waals surface area contributed by atoms with E-state index in [9.17, 15) is 0 Å². The largest absolute Gasteiger partial charge is 0.416 e. The van der Waals surface area contributed by atoms with E-state index in [-0.39, 0.29) is 5.41 Å².